The van der Waals surface area contributed by atoms with Gasteiger partial charge in [-0.05, 0) is 44.5 Å². The zero-order chi connectivity index (χ0) is 20.7. The topological polar surface area (TPSA) is 89.0 Å². The summed E-state index contributed by atoms with van der Waals surface area (Å²) in [6.45, 7) is 5.61. The number of hydrogen-bond acceptors (Lipinski definition) is 5. The Morgan fingerprint density at radius 1 is 1.00 bits per heavy atom. The van der Waals surface area contributed by atoms with Gasteiger partial charge in [0.05, 0.1) is 20.6 Å². The summed E-state index contributed by atoms with van der Waals surface area (Å²) < 4.78 is 10.3. The summed E-state index contributed by atoms with van der Waals surface area (Å²) in [6.07, 6.45) is 0.0645. The minimum atomic E-state index is -0.425. The molecule has 7 heteroatoms. The molecule has 7 nitrogen and oxygen atoms in total. The van der Waals surface area contributed by atoms with Crippen LogP contribution in [0, 0.1) is 13.8 Å². The lowest BCUT2D eigenvalue weighted by molar-refractivity contribution is -0.115. The van der Waals surface area contributed by atoms with Crippen molar-refractivity contribution in [1.29, 1.82) is 0 Å². The fourth-order valence-electron chi connectivity index (χ4n) is 2.57. The first kappa shape index (κ1) is 21.0. The van der Waals surface area contributed by atoms with E-state index in [0.717, 1.165) is 16.8 Å². The fraction of sp³-hybridized carbons (Fsp3) is 0.286. The van der Waals surface area contributed by atoms with Crippen molar-refractivity contribution >= 4 is 23.2 Å². The number of amides is 2. The Labute approximate surface area is 164 Å². The summed E-state index contributed by atoms with van der Waals surface area (Å²) in [5.74, 6) is 0.368. The minimum absolute atomic E-state index is 0.0645. The number of hydrazone groups is 1. The number of benzene rings is 2. The van der Waals surface area contributed by atoms with E-state index in [0.29, 0.717) is 22.8 Å². The van der Waals surface area contributed by atoms with Crippen LogP contribution in [0.5, 0.6) is 11.5 Å². The molecule has 0 heterocycles. The van der Waals surface area contributed by atoms with E-state index >= 15 is 0 Å². The normalized spacial score (nSPS) is 11.0. The van der Waals surface area contributed by atoms with Crippen LogP contribution in [0.1, 0.15) is 34.8 Å². The molecule has 0 radical (unpaired) electrons. The number of anilines is 1. The fourth-order valence-corrected chi connectivity index (χ4v) is 2.57. The number of ether oxygens (including phenoxy) is 2. The van der Waals surface area contributed by atoms with E-state index in [-0.39, 0.29) is 12.3 Å². The summed E-state index contributed by atoms with van der Waals surface area (Å²) in [5.41, 5.74) is 6.14. The Balaban J connectivity index is 1.98. The lowest BCUT2D eigenvalue weighted by atomic mass is 10.1. The molecule has 0 unspecified atom stereocenters. The number of methoxy groups -OCH3 is 2. The number of hydrogen-bond donors (Lipinski definition) is 2. The van der Waals surface area contributed by atoms with Crippen LogP contribution in [0.4, 0.5) is 5.69 Å². The second-order valence-corrected chi connectivity index (χ2v) is 6.43. The Bertz CT molecular complexity index is 884. The first-order chi connectivity index (χ1) is 13.3. The predicted octanol–water partition coefficient (Wildman–Crippen LogP) is 3.46. The maximum absolute atomic E-state index is 12.3. The van der Waals surface area contributed by atoms with Gasteiger partial charge in [-0.3, -0.25) is 9.59 Å². The molecule has 0 aliphatic heterocycles. The van der Waals surface area contributed by atoms with Crippen LogP contribution in [0.3, 0.4) is 0 Å². The van der Waals surface area contributed by atoms with Gasteiger partial charge in [0.2, 0.25) is 5.91 Å². The highest BCUT2D eigenvalue weighted by Crippen LogP contribution is 2.22. The second-order valence-electron chi connectivity index (χ2n) is 6.43. The maximum Gasteiger partial charge on any atom is 0.271 e. The first-order valence-corrected chi connectivity index (χ1v) is 8.76. The zero-order valence-corrected chi connectivity index (χ0v) is 16.8. The molecule has 0 fully saturated rings. The number of nitrogens with zero attached hydrogens (tertiary/aromatic N) is 1. The number of carbonyl (C=O) groups excluding carboxylic acids is 2. The Hall–Kier alpha value is -3.35. The molecular weight excluding hydrogens is 358 g/mol. The van der Waals surface area contributed by atoms with Gasteiger partial charge >= 0.3 is 0 Å². The van der Waals surface area contributed by atoms with Crippen LogP contribution in [0.25, 0.3) is 0 Å². The highest BCUT2D eigenvalue weighted by molar-refractivity contribution is 6.06. The van der Waals surface area contributed by atoms with Gasteiger partial charge in [0.25, 0.3) is 5.91 Å². The van der Waals surface area contributed by atoms with Gasteiger partial charge in [0.1, 0.15) is 11.5 Å². The van der Waals surface area contributed by atoms with E-state index in [4.69, 9.17) is 9.47 Å². The number of carbonyl (C=O) groups is 2. The maximum atomic E-state index is 12.3. The second kappa shape index (κ2) is 9.55. The summed E-state index contributed by atoms with van der Waals surface area (Å²) in [7, 11) is 3.01. The lowest BCUT2D eigenvalue weighted by Crippen LogP contribution is -2.21. The molecule has 0 saturated heterocycles. The molecule has 2 rings (SSSR count). The average Bonchev–Trinajstić information content (AvgIpc) is 2.67. The minimum Gasteiger partial charge on any atom is -0.497 e. The van der Waals surface area contributed by atoms with Gasteiger partial charge in [-0.1, -0.05) is 17.7 Å². The van der Waals surface area contributed by atoms with Gasteiger partial charge in [0.15, 0.2) is 0 Å². The van der Waals surface area contributed by atoms with E-state index in [1.54, 1.807) is 25.1 Å². The molecule has 0 aliphatic carbocycles. The van der Waals surface area contributed by atoms with Crippen molar-refractivity contribution in [2.45, 2.75) is 27.2 Å². The van der Waals surface area contributed by atoms with Crippen LogP contribution < -0.4 is 20.2 Å². The van der Waals surface area contributed by atoms with Crippen molar-refractivity contribution in [3.05, 3.63) is 53.1 Å². The van der Waals surface area contributed by atoms with Crippen molar-refractivity contribution in [3.63, 3.8) is 0 Å². The summed E-state index contributed by atoms with van der Waals surface area (Å²) in [5, 5.41) is 6.86. The highest BCUT2D eigenvalue weighted by Gasteiger charge is 2.11. The molecular formula is C21H25N3O4. The van der Waals surface area contributed by atoms with Gasteiger partial charge < -0.3 is 14.8 Å². The summed E-state index contributed by atoms with van der Waals surface area (Å²) in [6, 6.07) is 10.6. The third kappa shape index (κ3) is 5.84. The molecule has 0 saturated carbocycles. The third-order valence-electron chi connectivity index (χ3n) is 4.03. The zero-order valence-electron chi connectivity index (χ0n) is 16.8. The van der Waals surface area contributed by atoms with E-state index in [1.807, 2.05) is 32.0 Å². The Morgan fingerprint density at radius 3 is 2.21 bits per heavy atom. The van der Waals surface area contributed by atoms with E-state index in [1.165, 1.54) is 14.2 Å². The standard InChI is InChI=1S/C21H25N3O4/c1-13-6-7-19(14(2)8-13)22-20(25)9-15(3)23-24-21(26)16-10-17(27-4)12-18(11-16)28-5/h6-8,10-12H,9H2,1-5H3,(H,22,25)(H,24,26)/b23-15-. The summed E-state index contributed by atoms with van der Waals surface area (Å²) in [4.78, 5) is 24.5. The van der Waals surface area contributed by atoms with Gasteiger partial charge in [-0.15, -0.1) is 0 Å². The van der Waals surface area contributed by atoms with Crippen molar-refractivity contribution < 1.29 is 19.1 Å². The molecule has 0 atom stereocenters. The molecule has 2 N–H and O–H groups in total. The van der Waals surface area contributed by atoms with E-state index in [9.17, 15) is 9.59 Å². The van der Waals surface area contributed by atoms with Gasteiger partial charge in [-0.25, -0.2) is 5.43 Å². The number of aryl methyl sites for hydroxylation is 2. The molecule has 2 aromatic rings. The van der Waals surface area contributed by atoms with Crippen molar-refractivity contribution in [3.8, 4) is 11.5 Å². The largest absolute Gasteiger partial charge is 0.497 e. The van der Waals surface area contributed by atoms with Crippen molar-refractivity contribution in [2.24, 2.45) is 5.10 Å². The lowest BCUT2D eigenvalue weighted by Gasteiger charge is -2.09. The predicted molar refractivity (Wildman–Crippen MR) is 109 cm³/mol. The Morgan fingerprint density at radius 2 is 1.64 bits per heavy atom. The molecule has 2 amide bonds. The van der Waals surface area contributed by atoms with E-state index < -0.39 is 5.91 Å². The molecule has 0 aliphatic rings. The van der Waals surface area contributed by atoms with E-state index in [2.05, 4.69) is 15.8 Å². The van der Waals surface area contributed by atoms with Crippen LogP contribution in [-0.2, 0) is 4.79 Å². The monoisotopic (exact) mass is 383 g/mol. The van der Waals surface area contributed by atoms with Crippen LogP contribution >= 0.6 is 0 Å². The highest BCUT2D eigenvalue weighted by atomic mass is 16.5. The Kier molecular flexibility index (Phi) is 7.14. The van der Waals surface area contributed by atoms with Crippen LogP contribution in [0.15, 0.2) is 41.5 Å². The average molecular weight is 383 g/mol. The molecule has 0 bridgehead atoms. The number of rotatable bonds is 7. The summed E-state index contributed by atoms with van der Waals surface area (Å²) >= 11 is 0. The van der Waals surface area contributed by atoms with Crippen molar-refractivity contribution in [2.75, 3.05) is 19.5 Å². The third-order valence-corrected chi connectivity index (χ3v) is 4.03. The van der Waals surface area contributed by atoms with Crippen molar-refractivity contribution in [1.82, 2.24) is 5.43 Å². The number of nitrogens with one attached hydrogen (secondary N) is 2. The van der Waals surface area contributed by atoms with Crippen LogP contribution in [-0.4, -0.2) is 31.7 Å². The molecule has 0 aromatic heterocycles. The molecule has 2 aromatic carbocycles. The van der Waals surface area contributed by atoms with Crippen LogP contribution in [0.2, 0.25) is 0 Å². The SMILES string of the molecule is COc1cc(OC)cc(C(=O)N/N=C(/C)CC(=O)Nc2ccc(C)cc2C)c1. The quantitative estimate of drug-likeness (QED) is 0.566. The smallest absolute Gasteiger partial charge is 0.271 e. The molecule has 0 spiro atoms. The first-order valence-electron chi connectivity index (χ1n) is 8.76. The van der Waals surface area contributed by atoms with Gasteiger partial charge in [-0.2, -0.15) is 5.10 Å². The van der Waals surface area contributed by atoms with Gasteiger partial charge in [0, 0.05) is 23.0 Å². The molecule has 148 valence electrons. The molecule has 28 heavy (non-hydrogen) atoms.